The van der Waals surface area contributed by atoms with Crippen LogP contribution in [0, 0.1) is 5.82 Å². The smallest absolute Gasteiger partial charge is 0.145 e. The Bertz CT molecular complexity index is 344. The van der Waals surface area contributed by atoms with Gasteiger partial charge in [-0.1, -0.05) is 23.7 Å². The molecular weight excluding hydrogens is 231 g/mol. The van der Waals surface area contributed by atoms with Crippen molar-refractivity contribution in [1.29, 1.82) is 0 Å². The molecule has 1 aromatic carbocycles. The van der Waals surface area contributed by atoms with Gasteiger partial charge in [0.2, 0.25) is 0 Å². The lowest BCUT2D eigenvalue weighted by molar-refractivity contribution is -0.0211. The zero-order valence-electron chi connectivity index (χ0n) is 9.41. The van der Waals surface area contributed by atoms with Crippen LogP contribution in [-0.4, -0.2) is 23.9 Å². The summed E-state index contributed by atoms with van der Waals surface area (Å²) in [5.41, 5.74) is 0.409. The van der Waals surface area contributed by atoms with Crippen molar-refractivity contribution in [2.75, 3.05) is 6.61 Å². The number of hydrogen-bond acceptors (Lipinski definition) is 2. The van der Waals surface area contributed by atoms with Gasteiger partial charge in [-0.15, -0.1) is 0 Å². The van der Waals surface area contributed by atoms with Gasteiger partial charge in [-0.25, -0.2) is 4.39 Å². The molecule has 1 rings (SSSR count). The van der Waals surface area contributed by atoms with Gasteiger partial charge in [0.15, 0.2) is 0 Å². The minimum Gasteiger partial charge on any atom is -0.390 e. The molecule has 0 bridgehead atoms. The Morgan fingerprint density at radius 3 is 2.81 bits per heavy atom. The summed E-state index contributed by atoms with van der Waals surface area (Å²) in [5, 5.41) is 9.86. The fourth-order valence-corrected chi connectivity index (χ4v) is 1.67. The maximum Gasteiger partial charge on any atom is 0.145 e. The maximum absolute atomic E-state index is 13.5. The van der Waals surface area contributed by atoms with Crippen LogP contribution in [0.1, 0.15) is 19.4 Å². The highest BCUT2D eigenvalue weighted by Gasteiger charge is 2.17. The Balaban J connectivity index is 2.69. The number of aliphatic hydroxyl groups excluding tert-OH is 1. The summed E-state index contributed by atoms with van der Waals surface area (Å²) in [4.78, 5) is 0. The van der Waals surface area contributed by atoms with Crippen molar-refractivity contribution in [2.24, 2.45) is 0 Å². The monoisotopic (exact) mass is 246 g/mol. The van der Waals surface area contributed by atoms with Gasteiger partial charge < -0.3 is 9.84 Å². The van der Waals surface area contributed by atoms with E-state index in [1.165, 1.54) is 6.07 Å². The summed E-state index contributed by atoms with van der Waals surface area (Å²) >= 11 is 5.65. The van der Waals surface area contributed by atoms with E-state index in [9.17, 15) is 9.50 Å². The van der Waals surface area contributed by atoms with Gasteiger partial charge in [0.05, 0.1) is 17.2 Å². The van der Waals surface area contributed by atoms with Crippen LogP contribution in [-0.2, 0) is 11.2 Å². The maximum atomic E-state index is 13.5. The Morgan fingerprint density at radius 2 is 2.19 bits per heavy atom. The van der Waals surface area contributed by atoms with Crippen LogP contribution >= 0.6 is 11.6 Å². The number of hydrogen-bond donors (Lipinski definition) is 1. The molecule has 0 amide bonds. The molecule has 0 aliphatic carbocycles. The zero-order valence-corrected chi connectivity index (χ0v) is 10.2. The largest absolute Gasteiger partial charge is 0.390 e. The summed E-state index contributed by atoms with van der Waals surface area (Å²) in [6.45, 7) is 4.13. The molecular formula is C12H16ClFO2. The van der Waals surface area contributed by atoms with E-state index in [0.29, 0.717) is 12.2 Å². The third-order valence-corrected chi connectivity index (χ3v) is 2.72. The zero-order chi connectivity index (χ0) is 12.1. The lowest BCUT2D eigenvalue weighted by Crippen LogP contribution is -2.28. The van der Waals surface area contributed by atoms with E-state index in [4.69, 9.17) is 16.3 Å². The van der Waals surface area contributed by atoms with Crippen LogP contribution < -0.4 is 0 Å². The van der Waals surface area contributed by atoms with Crippen LogP contribution in [0.2, 0.25) is 5.02 Å². The van der Waals surface area contributed by atoms with Gasteiger partial charge in [0.25, 0.3) is 0 Å². The van der Waals surface area contributed by atoms with Gasteiger partial charge in [-0.3, -0.25) is 0 Å². The minimum absolute atomic E-state index is 0.0776. The van der Waals surface area contributed by atoms with Gasteiger partial charge in [-0.05, 0) is 25.5 Å². The molecule has 2 unspecified atom stereocenters. The average Bonchev–Trinajstić information content (AvgIpc) is 2.25. The lowest BCUT2D eigenvalue weighted by atomic mass is 10.0. The molecule has 1 aromatic rings. The molecule has 0 fully saturated rings. The molecule has 90 valence electrons. The summed E-state index contributed by atoms with van der Waals surface area (Å²) in [6, 6.07) is 4.76. The van der Waals surface area contributed by atoms with Crippen molar-refractivity contribution in [1.82, 2.24) is 0 Å². The highest BCUT2D eigenvalue weighted by molar-refractivity contribution is 6.30. The van der Waals surface area contributed by atoms with E-state index in [2.05, 4.69) is 0 Å². The molecule has 0 heterocycles. The molecule has 2 nitrogen and oxygen atoms in total. The molecule has 1 N–H and O–H groups in total. The first-order valence-electron chi connectivity index (χ1n) is 5.28. The fourth-order valence-electron chi connectivity index (χ4n) is 1.47. The fraction of sp³-hybridized carbons (Fsp3) is 0.500. The van der Waals surface area contributed by atoms with E-state index < -0.39 is 11.9 Å². The van der Waals surface area contributed by atoms with Crippen LogP contribution in [0.4, 0.5) is 4.39 Å². The van der Waals surface area contributed by atoms with Crippen LogP contribution in [0.3, 0.4) is 0 Å². The number of aliphatic hydroxyl groups is 1. The second-order valence-electron chi connectivity index (χ2n) is 3.64. The molecule has 0 aromatic heterocycles. The first kappa shape index (κ1) is 13.4. The highest BCUT2D eigenvalue weighted by atomic mass is 35.5. The molecule has 16 heavy (non-hydrogen) atoms. The topological polar surface area (TPSA) is 29.5 Å². The van der Waals surface area contributed by atoms with E-state index in [1.54, 1.807) is 19.1 Å². The van der Waals surface area contributed by atoms with Crippen molar-refractivity contribution < 1.29 is 14.2 Å². The Labute approximate surface area is 100.0 Å². The van der Waals surface area contributed by atoms with Crippen LogP contribution in [0.15, 0.2) is 18.2 Å². The lowest BCUT2D eigenvalue weighted by Gasteiger charge is -2.19. The molecule has 0 aliphatic heterocycles. The molecule has 2 atom stereocenters. The number of rotatable bonds is 5. The molecule has 4 heteroatoms. The SMILES string of the molecule is CCOC(C)C(O)Cc1cccc(Cl)c1F. The molecule has 0 saturated carbocycles. The van der Waals surface area contributed by atoms with Crippen LogP contribution in [0.25, 0.3) is 0 Å². The second-order valence-corrected chi connectivity index (χ2v) is 4.05. The number of benzene rings is 1. The average molecular weight is 247 g/mol. The van der Waals surface area contributed by atoms with Crippen molar-refractivity contribution in [3.05, 3.63) is 34.6 Å². The summed E-state index contributed by atoms with van der Waals surface area (Å²) in [7, 11) is 0. The van der Waals surface area contributed by atoms with Gasteiger partial charge in [0, 0.05) is 13.0 Å². The predicted octanol–water partition coefficient (Wildman–Crippen LogP) is 2.81. The second kappa shape index (κ2) is 6.18. The first-order chi connectivity index (χ1) is 7.56. The van der Waals surface area contributed by atoms with E-state index >= 15 is 0 Å². The third kappa shape index (κ3) is 3.44. The van der Waals surface area contributed by atoms with Crippen LogP contribution in [0.5, 0.6) is 0 Å². The Morgan fingerprint density at radius 1 is 1.50 bits per heavy atom. The van der Waals surface area contributed by atoms with Crippen molar-refractivity contribution >= 4 is 11.6 Å². The van der Waals surface area contributed by atoms with Crippen molar-refractivity contribution in [2.45, 2.75) is 32.5 Å². The normalized spacial score (nSPS) is 14.8. The predicted molar refractivity (Wildman–Crippen MR) is 62.2 cm³/mol. The summed E-state index contributed by atoms with van der Waals surface area (Å²) < 4.78 is 18.8. The summed E-state index contributed by atoms with van der Waals surface area (Å²) in [5.74, 6) is -0.466. The standard InChI is InChI=1S/C12H16ClFO2/c1-3-16-8(2)11(15)7-9-5-4-6-10(13)12(9)14/h4-6,8,11,15H,3,7H2,1-2H3. The quantitative estimate of drug-likeness (QED) is 0.866. The molecule has 0 radical (unpaired) electrons. The molecule has 0 aliphatic rings. The van der Waals surface area contributed by atoms with Crippen molar-refractivity contribution in [3.8, 4) is 0 Å². The Hall–Kier alpha value is -0.640. The van der Waals surface area contributed by atoms with Gasteiger partial charge in [0.1, 0.15) is 5.82 Å². The van der Waals surface area contributed by atoms with E-state index in [-0.39, 0.29) is 17.5 Å². The molecule has 0 saturated heterocycles. The number of ether oxygens (including phenoxy) is 1. The third-order valence-electron chi connectivity index (χ3n) is 2.43. The minimum atomic E-state index is -0.729. The highest BCUT2D eigenvalue weighted by Crippen LogP contribution is 2.20. The first-order valence-corrected chi connectivity index (χ1v) is 5.66. The molecule has 0 spiro atoms. The van der Waals surface area contributed by atoms with E-state index in [0.717, 1.165) is 0 Å². The summed E-state index contributed by atoms with van der Waals surface area (Å²) in [6.07, 6.45) is -0.843. The Kier molecular flexibility index (Phi) is 5.19. The number of halogens is 2. The van der Waals surface area contributed by atoms with Gasteiger partial charge >= 0.3 is 0 Å². The van der Waals surface area contributed by atoms with E-state index in [1.807, 2.05) is 6.92 Å². The van der Waals surface area contributed by atoms with Gasteiger partial charge in [-0.2, -0.15) is 0 Å². The van der Waals surface area contributed by atoms with Crippen molar-refractivity contribution in [3.63, 3.8) is 0 Å².